The molecule has 0 aliphatic carbocycles. The van der Waals surface area contributed by atoms with Gasteiger partial charge in [-0.2, -0.15) is 5.10 Å². The van der Waals surface area contributed by atoms with Crippen molar-refractivity contribution in [1.82, 2.24) is 19.7 Å². The fraction of sp³-hybridized carbons (Fsp3) is 0.250. The molecule has 1 aliphatic heterocycles. The maximum Gasteiger partial charge on any atom is 0.255 e. The van der Waals surface area contributed by atoms with Crippen molar-refractivity contribution in [2.24, 2.45) is 7.05 Å². The van der Waals surface area contributed by atoms with Crippen molar-refractivity contribution in [1.29, 1.82) is 0 Å². The molecule has 0 spiro atoms. The number of halogens is 1. The molecule has 0 N–H and O–H groups in total. The number of pyridine rings is 1. The van der Waals surface area contributed by atoms with Crippen LogP contribution in [-0.2, 0) is 20.0 Å². The molecule has 7 heteroatoms. The molecule has 2 aromatic heterocycles. The number of aryl methyl sites for hydroxylation is 1. The molecule has 0 saturated carbocycles. The second-order valence-corrected chi connectivity index (χ2v) is 6.92. The van der Waals surface area contributed by atoms with Gasteiger partial charge in [-0.1, -0.05) is 35.9 Å². The van der Waals surface area contributed by atoms with Gasteiger partial charge in [-0.3, -0.25) is 9.48 Å². The van der Waals surface area contributed by atoms with Crippen LogP contribution in [0.5, 0.6) is 5.88 Å². The average Bonchev–Trinajstić information content (AvgIpc) is 3.15. The molecule has 1 amide bonds. The Morgan fingerprint density at radius 2 is 2.00 bits per heavy atom. The summed E-state index contributed by atoms with van der Waals surface area (Å²) in [7, 11) is 3.44. The summed E-state index contributed by atoms with van der Waals surface area (Å²) in [5.74, 6) is 0.567. The zero-order valence-electron chi connectivity index (χ0n) is 15.1. The van der Waals surface area contributed by atoms with Crippen LogP contribution in [0.4, 0.5) is 0 Å². The maximum absolute atomic E-state index is 13.1. The summed E-state index contributed by atoms with van der Waals surface area (Å²) < 4.78 is 6.88. The van der Waals surface area contributed by atoms with E-state index in [1.165, 1.54) is 0 Å². The number of hydrogen-bond acceptors (Lipinski definition) is 4. The normalized spacial score (nSPS) is 15.9. The molecule has 0 saturated heterocycles. The van der Waals surface area contributed by atoms with E-state index in [1.54, 1.807) is 30.3 Å². The summed E-state index contributed by atoms with van der Waals surface area (Å²) in [6.45, 7) is 0.463. The summed E-state index contributed by atoms with van der Waals surface area (Å²) in [6, 6.07) is 11.4. The van der Waals surface area contributed by atoms with E-state index >= 15 is 0 Å². The number of amides is 1. The number of carbonyl (C=O) groups is 1. The van der Waals surface area contributed by atoms with Crippen molar-refractivity contribution in [3.63, 3.8) is 0 Å². The van der Waals surface area contributed by atoms with E-state index in [1.807, 2.05) is 42.3 Å². The number of hydrogen-bond donors (Lipinski definition) is 0. The number of aromatic nitrogens is 3. The SMILES string of the molecule is COc1ccc(CN2C(=O)c3ccccc3C2Cc2c(Cl)cnn2C)cn1. The van der Waals surface area contributed by atoms with E-state index in [0.717, 1.165) is 22.4 Å². The lowest BCUT2D eigenvalue weighted by Gasteiger charge is -2.25. The fourth-order valence-electron chi connectivity index (χ4n) is 3.52. The summed E-state index contributed by atoms with van der Waals surface area (Å²) in [6.07, 6.45) is 3.97. The summed E-state index contributed by atoms with van der Waals surface area (Å²) in [5, 5.41) is 4.83. The Bertz CT molecular complexity index is 964. The average molecular weight is 383 g/mol. The van der Waals surface area contributed by atoms with Crippen molar-refractivity contribution >= 4 is 17.5 Å². The highest BCUT2D eigenvalue weighted by Crippen LogP contribution is 2.38. The largest absolute Gasteiger partial charge is 0.481 e. The molecule has 3 aromatic rings. The Hall–Kier alpha value is -2.86. The minimum absolute atomic E-state index is 0.0182. The molecule has 138 valence electrons. The predicted molar refractivity (Wildman–Crippen MR) is 102 cm³/mol. The first-order valence-electron chi connectivity index (χ1n) is 8.63. The fourth-order valence-corrected chi connectivity index (χ4v) is 3.76. The first-order chi connectivity index (χ1) is 13.1. The quantitative estimate of drug-likeness (QED) is 0.678. The van der Waals surface area contributed by atoms with Crippen LogP contribution in [-0.4, -0.2) is 32.7 Å². The smallest absolute Gasteiger partial charge is 0.255 e. The lowest BCUT2D eigenvalue weighted by molar-refractivity contribution is 0.0707. The van der Waals surface area contributed by atoms with Crippen LogP contribution in [0, 0.1) is 0 Å². The number of ether oxygens (including phenoxy) is 1. The van der Waals surface area contributed by atoms with E-state index in [2.05, 4.69) is 10.1 Å². The molecular weight excluding hydrogens is 364 g/mol. The van der Waals surface area contributed by atoms with Gasteiger partial charge in [0.05, 0.1) is 30.1 Å². The van der Waals surface area contributed by atoms with Gasteiger partial charge in [0, 0.05) is 37.8 Å². The van der Waals surface area contributed by atoms with Gasteiger partial charge in [0.1, 0.15) is 0 Å². The third kappa shape index (κ3) is 3.17. The maximum atomic E-state index is 13.1. The van der Waals surface area contributed by atoms with Gasteiger partial charge in [0.15, 0.2) is 0 Å². The van der Waals surface area contributed by atoms with Crippen LogP contribution in [0.1, 0.15) is 33.2 Å². The minimum atomic E-state index is -0.108. The molecule has 3 heterocycles. The zero-order valence-corrected chi connectivity index (χ0v) is 15.8. The number of methoxy groups -OCH3 is 1. The monoisotopic (exact) mass is 382 g/mol. The van der Waals surface area contributed by atoms with Gasteiger partial charge in [-0.05, 0) is 17.2 Å². The second-order valence-electron chi connectivity index (χ2n) is 6.51. The number of fused-ring (bicyclic) bond motifs is 1. The van der Waals surface area contributed by atoms with Crippen LogP contribution in [0.25, 0.3) is 0 Å². The van der Waals surface area contributed by atoms with Gasteiger partial charge in [0.2, 0.25) is 5.88 Å². The zero-order chi connectivity index (χ0) is 19.0. The first-order valence-corrected chi connectivity index (χ1v) is 9.01. The van der Waals surface area contributed by atoms with Crippen LogP contribution in [0.15, 0.2) is 48.8 Å². The van der Waals surface area contributed by atoms with Crippen molar-refractivity contribution in [2.45, 2.75) is 19.0 Å². The Morgan fingerprint density at radius 1 is 1.19 bits per heavy atom. The molecule has 1 unspecified atom stereocenters. The van der Waals surface area contributed by atoms with E-state index in [4.69, 9.17) is 16.3 Å². The lowest BCUT2D eigenvalue weighted by atomic mass is 10.0. The second kappa shape index (κ2) is 7.04. The topological polar surface area (TPSA) is 60.2 Å². The number of nitrogens with zero attached hydrogens (tertiary/aromatic N) is 4. The predicted octanol–water partition coefficient (Wildman–Crippen LogP) is 3.42. The Morgan fingerprint density at radius 3 is 2.67 bits per heavy atom. The summed E-state index contributed by atoms with van der Waals surface area (Å²) in [5.41, 5.74) is 3.60. The summed E-state index contributed by atoms with van der Waals surface area (Å²) in [4.78, 5) is 19.2. The lowest BCUT2D eigenvalue weighted by Crippen LogP contribution is -2.29. The highest BCUT2D eigenvalue weighted by molar-refractivity contribution is 6.31. The van der Waals surface area contributed by atoms with Crippen molar-refractivity contribution in [3.8, 4) is 5.88 Å². The Kier molecular flexibility index (Phi) is 4.58. The molecule has 4 rings (SSSR count). The van der Waals surface area contributed by atoms with Crippen LogP contribution >= 0.6 is 11.6 Å². The molecule has 1 aliphatic rings. The third-order valence-corrected chi connectivity index (χ3v) is 5.26. The molecule has 6 nitrogen and oxygen atoms in total. The van der Waals surface area contributed by atoms with Crippen LogP contribution in [0.2, 0.25) is 5.02 Å². The standard InChI is InChI=1S/C20H19ClN4O2/c1-24-18(16(21)11-23-24)9-17-14-5-3-4-6-15(14)20(26)25(17)12-13-7-8-19(27-2)22-10-13/h3-8,10-11,17H,9,12H2,1-2H3. The Balaban J connectivity index is 1.68. The van der Waals surface area contributed by atoms with E-state index in [0.29, 0.717) is 23.9 Å². The van der Waals surface area contributed by atoms with Crippen molar-refractivity contribution in [3.05, 3.63) is 76.2 Å². The Labute approximate surface area is 162 Å². The van der Waals surface area contributed by atoms with Crippen molar-refractivity contribution < 1.29 is 9.53 Å². The van der Waals surface area contributed by atoms with Gasteiger partial charge >= 0.3 is 0 Å². The molecule has 27 heavy (non-hydrogen) atoms. The van der Waals surface area contributed by atoms with Gasteiger partial charge in [-0.15, -0.1) is 0 Å². The van der Waals surface area contributed by atoms with E-state index in [-0.39, 0.29) is 11.9 Å². The third-order valence-electron chi connectivity index (χ3n) is 4.94. The van der Waals surface area contributed by atoms with Gasteiger partial charge in [-0.25, -0.2) is 4.98 Å². The van der Waals surface area contributed by atoms with Crippen molar-refractivity contribution in [2.75, 3.05) is 7.11 Å². The minimum Gasteiger partial charge on any atom is -0.481 e. The van der Waals surface area contributed by atoms with E-state index < -0.39 is 0 Å². The number of benzene rings is 1. The molecule has 0 radical (unpaired) electrons. The summed E-state index contributed by atoms with van der Waals surface area (Å²) >= 11 is 6.32. The highest BCUT2D eigenvalue weighted by Gasteiger charge is 2.37. The molecular formula is C20H19ClN4O2. The van der Waals surface area contributed by atoms with Gasteiger partial charge < -0.3 is 9.64 Å². The molecule has 1 atom stereocenters. The highest BCUT2D eigenvalue weighted by atomic mass is 35.5. The molecule has 0 bridgehead atoms. The van der Waals surface area contributed by atoms with Crippen LogP contribution < -0.4 is 4.74 Å². The van der Waals surface area contributed by atoms with E-state index in [9.17, 15) is 4.79 Å². The number of carbonyl (C=O) groups excluding carboxylic acids is 1. The molecule has 1 aromatic carbocycles. The van der Waals surface area contributed by atoms with Gasteiger partial charge in [0.25, 0.3) is 5.91 Å². The van der Waals surface area contributed by atoms with Crippen LogP contribution in [0.3, 0.4) is 0 Å². The first kappa shape index (κ1) is 17.5. The molecule has 0 fully saturated rings. The number of rotatable bonds is 5.